The number of halogens is 1. The lowest BCUT2D eigenvalue weighted by Crippen LogP contribution is -2.19. The molecule has 0 saturated heterocycles. The molecule has 0 aliphatic carbocycles. The molecule has 4 aromatic rings. The molecule has 2 heterocycles. The first kappa shape index (κ1) is 18.3. The first-order valence-corrected chi connectivity index (χ1v) is 9.49. The van der Waals surface area contributed by atoms with Gasteiger partial charge in [-0.15, -0.1) is 0 Å². The second kappa shape index (κ2) is 7.49. The van der Waals surface area contributed by atoms with Crippen LogP contribution in [-0.2, 0) is 0 Å². The number of benzene rings is 2. The van der Waals surface area contributed by atoms with Crippen LogP contribution in [-0.4, -0.2) is 9.97 Å². The van der Waals surface area contributed by atoms with Crippen molar-refractivity contribution in [1.82, 2.24) is 9.97 Å². The Labute approximate surface area is 168 Å². The van der Waals surface area contributed by atoms with Crippen LogP contribution in [0.2, 0.25) is 5.02 Å². The Morgan fingerprint density at radius 1 is 1.11 bits per heavy atom. The average molecular weight is 390 g/mol. The highest BCUT2D eigenvalue weighted by atomic mass is 35.5. The largest absolute Gasteiger partial charge is 0.378 e. The van der Waals surface area contributed by atoms with Gasteiger partial charge in [0.05, 0.1) is 6.04 Å². The molecule has 2 N–H and O–H groups in total. The van der Waals surface area contributed by atoms with E-state index in [1.54, 1.807) is 12.3 Å². The lowest BCUT2D eigenvalue weighted by atomic mass is 10.0. The number of nitrogens with one attached hydrogen (secondary N) is 2. The monoisotopic (exact) mass is 389 g/mol. The van der Waals surface area contributed by atoms with Crippen LogP contribution >= 0.6 is 11.6 Å². The Morgan fingerprint density at radius 3 is 2.79 bits per heavy atom. The van der Waals surface area contributed by atoms with Gasteiger partial charge in [0.25, 0.3) is 5.56 Å². The van der Waals surface area contributed by atoms with Crippen molar-refractivity contribution in [2.75, 3.05) is 5.32 Å². The van der Waals surface area contributed by atoms with Gasteiger partial charge in [-0.1, -0.05) is 23.7 Å². The highest BCUT2D eigenvalue weighted by molar-refractivity contribution is 6.31. The van der Waals surface area contributed by atoms with Crippen molar-refractivity contribution < 1.29 is 0 Å². The predicted octanol–water partition coefficient (Wildman–Crippen LogP) is 5.73. The number of anilines is 1. The van der Waals surface area contributed by atoms with Gasteiger partial charge in [-0.2, -0.15) is 0 Å². The van der Waals surface area contributed by atoms with Crippen LogP contribution in [0.25, 0.3) is 22.0 Å². The van der Waals surface area contributed by atoms with Gasteiger partial charge in [0, 0.05) is 39.6 Å². The van der Waals surface area contributed by atoms with E-state index >= 15 is 0 Å². The van der Waals surface area contributed by atoms with Crippen molar-refractivity contribution in [3.05, 3.63) is 93.5 Å². The average Bonchev–Trinajstić information content (AvgIpc) is 2.68. The minimum atomic E-state index is -0.166. The van der Waals surface area contributed by atoms with Crippen molar-refractivity contribution >= 4 is 28.2 Å². The number of aromatic nitrogens is 2. The number of hydrogen-bond donors (Lipinski definition) is 2. The van der Waals surface area contributed by atoms with E-state index in [4.69, 9.17) is 11.6 Å². The maximum absolute atomic E-state index is 12.5. The summed E-state index contributed by atoms with van der Waals surface area (Å²) in [6.45, 7) is 4.02. The third kappa shape index (κ3) is 3.64. The lowest BCUT2D eigenvalue weighted by molar-refractivity contribution is 0.866. The van der Waals surface area contributed by atoms with Gasteiger partial charge in [0.1, 0.15) is 0 Å². The molecule has 2 aromatic heterocycles. The smallest absolute Gasteiger partial charge is 0.253 e. The Bertz CT molecular complexity index is 1220. The van der Waals surface area contributed by atoms with Crippen molar-refractivity contribution in [2.24, 2.45) is 0 Å². The summed E-state index contributed by atoms with van der Waals surface area (Å²) in [5.74, 6) is 0. The number of hydrogen-bond acceptors (Lipinski definition) is 3. The Kier molecular flexibility index (Phi) is 4.88. The van der Waals surface area contributed by atoms with Gasteiger partial charge in [0.2, 0.25) is 0 Å². The van der Waals surface area contributed by atoms with Gasteiger partial charge in [-0.3, -0.25) is 9.78 Å². The van der Waals surface area contributed by atoms with E-state index < -0.39 is 0 Å². The predicted molar refractivity (Wildman–Crippen MR) is 116 cm³/mol. The maximum atomic E-state index is 12.5. The molecule has 0 aliphatic rings. The molecular formula is C23H20ClN3O. The van der Waals surface area contributed by atoms with Gasteiger partial charge < -0.3 is 10.3 Å². The molecule has 5 heteroatoms. The molecule has 1 atom stereocenters. The number of pyridine rings is 2. The molecule has 0 radical (unpaired) electrons. The van der Waals surface area contributed by atoms with Crippen LogP contribution in [0.1, 0.15) is 24.1 Å². The second-order valence-electron chi connectivity index (χ2n) is 6.92. The highest BCUT2D eigenvalue weighted by Gasteiger charge is 2.12. The van der Waals surface area contributed by atoms with Crippen LogP contribution in [0, 0.1) is 6.92 Å². The molecule has 28 heavy (non-hydrogen) atoms. The molecule has 0 aliphatic heterocycles. The van der Waals surface area contributed by atoms with Crippen LogP contribution < -0.4 is 10.9 Å². The Balaban J connectivity index is 1.66. The number of nitrogens with zero attached hydrogens (tertiary/aromatic N) is 1. The van der Waals surface area contributed by atoms with Crippen molar-refractivity contribution in [2.45, 2.75) is 19.9 Å². The molecular weight excluding hydrogens is 370 g/mol. The van der Waals surface area contributed by atoms with Crippen LogP contribution in [0.4, 0.5) is 5.69 Å². The topological polar surface area (TPSA) is 57.8 Å². The summed E-state index contributed by atoms with van der Waals surface area (Å²) in [6, 6.07) is 17.4. The summed E-state index contributed by atoms with van der Waals surface area (Å²) >= 11 is 6.10. The fraction of sp³-hybridized carbons (Fsp3) is 0.130. The zero-order valence-corrected chi connectivity index (χ0v) is 16.4. The van der Waals surface area contributed by atoms with E-state index in [2.05, 4.69) is 27.4 Å². The third-order valence-corrected chi connectivity index (χ3v) is 5.11. The number of fused-ring (bicyclic) bond motifs is 1. The first-order chi connectivity index (χ1) is 13.5. The van der Waals surface area contributed by atoms with E-state index in [1.165, 1.54) is 0 Å². The maximum Gasteiger partial charge on any atom is 0.253 e. The molecule has 0 amide bonds. The molecule has 140 valence electrons. The fourth-order valence-corrected chi connectivity index (χ4v) is 3.60. The molecule has 4 rings (SSSR count). The minimum absolute atomic E-state index is 0.101. The molecule has 4 nitrogen and oxygen atoms in total. The SMILES string of the molecule is Cc1cnccc1-c1cccc(N[C@@H](C)c2cc3cc(Cl)ccc3[nH]c2=O)c1. The number of aromatic amines is 1. The molecule has 2 aromatic carbocycles. The molecule has 0 saturated carbocycles. The van der Waals surface area contributed by atoms with Crippen molar-refractivity contribution in [3.63, 3.8) is 0 Å². The molecule has 0 unspecified atom stereocenters. The van der Waals surface area contributed by atoms with Crippen molar-refractivity contribution in [3.8, 4) is 11.1 Å². The fourth-order valence-electron chi connectivity index (χ4n) is 3.42. The highest BCUT2D eigenvalue weighted by Crippen LogP contribution is 2.27. The van der Waals surface area contributed by atoms with E-state index in [0.29, 0.717) is 10.6 Å². The minimum Gasteiger partial charge on any atom is -0.378 e. The van der Waals surface area contributed by atoms with E-state index in [-0.39, 0.29) is 11.6 Å². The number of H-pyrrole nitrogens is 1. The zero-order valence-electron chi connectivity index (χ0n) is 15.7. The Hall–Kier alpha value is -3.11. The molecule has 0 spiro atoms. The number of aryl methyl sites for hydroxylation is 1. The summed E-state index contributed by atoms with van der Waals surface area (Å²) in [5.41, 5.74) is 5.67. The van der Waals surface area contributed by atoms with Crippen molar-refractivity contribution in [1.29, 1.82) is 0 Å². The van der Waals surface area contributed by atoms with Gasteiger partial charge in [0.15, 0.2) is 0 Å². The summed E-state index contributed by atoms with van der Waals surface area (Å²) in [5, 5.41) is 5.00. The molecule has 0 bridgehead atoms. The van der Waals surface area contributed by atoms with Crippen LogP contribution in [0.15, 0.2) is 71.8 Å². The summed E-state index contributed by atoms with van der Waals surface area (Å²) in [4.78, 5) is 19.6. The van der Waals surface area contributed by atoms with Gasteiger partial charge in [-0.05, 0) is 73.0 Å². The zero-order chi connectivity index (χ0) is 19.7. The van der Waals surface area contributed by atoms with Gasteiger partial charge in [-0.25, -0.2) is 0 Å². The second-order valence-corrected chi connectivity index (χ2v) is 7.36. The molecule has 0 fully saturated rings. The van der Waals surface area contributed by atoms with Crippen LogP contribution in [0.3, 0.4) is 0 Å². The number of rotatable bonds is 4. The van der Waals surface area contributed by atoms with E-state index in [1.807, 2.05) is 56.4 Å². The summed E-state index contributed by atoms with van der Waals surface area (Å²) in [7, 11) is 0. The third-order valence-electron chi connectivity index (χ3n) is 4.88. The van der Waals surface area contributed by atoms with Gasteiger partial charge >= 0.3 is 0 Å². The standard InChI is InChI=1S/C23H20ClN3O/c1-14-13-25-9-8-20(14)16-4-3-5-19(11-16)26-15(2)21-12-17-10-18(24)6-7-22(17)27-23(21)28/h3-13,15,26H,1-2H3,(H,27,28)/t15-/m0/s1. The lowest BCUT2D eigenvalue weighted by Gasteiger charge is -2.17. The summed E-state index contributed by atoms with van der Waals surface area (Å²) < 4.78 is 0. The summed E-state index contributed by atoms with van der Waals surface area (Å²) in [6.07, 6.45) is 3.66. The normalized spacial score (nSPS) is 12.1. The first-order valence-electron chi connectivity index (χ1n) is 9.11. The van der Waals surface area contributed by atoms with E-state index in [9.17, 15) is 4.79 Å². The quantitative estimate of drug-likeness (QED) is 0.469. The van der Waals surface area contributed by atoms with E-state index in [0.717, 1.165) is 33.3 Å². The van der Waals surface area contributed by atoms with Crippen LogP contribution in [0.5, 0.6) is 0 Å². The Morgan fingerprint density at radius 2 is 1.96 bits per heavy atom.